The molecule has 42 heavy (non-hydrogen) atoms. The molecule has 0 aromatic heterocycles. The smallest absolute Gasteiger partial charge is 0.419 e. The number of nitrogens with zero attached hydrogens (tertiary/aromatic N) is 3. The number of carbonyl (C=O) groups excluding carboxylic acids is 1. The lowest BCUT2D eigenvalue weighted by Gasteiger charge is -2.45. The summed E-state index contributed by atoms with van der Waals surface area (Å²) in [6.45, 7) is 2.18. The lowest BCUT2D eigenvalue weighted by atomic mass is 9.73. The summed E-state index contributed by atoms with van der Waals surface area (Å²) in [5.41, 5.74) is 1.47. The Kier molecular flexibility index (Phi) is 7.14. The fourth-order valence-electron chi connectivity index (χ4n) is 5.93. The van der Waals surface area contributed by atoms with Gasteiger partial charge < -0.3 is 19.8 Å². The summed E-state index contributed by atoms with van der Waals surface area (Å²) < 4.78 is 41.6. The van der Waals surface area contributed by atoms with Crippen molar-refractivity contribution in [2.45, 2.75) is 18.1 Å². The first kappa shape index (κ1) is 27.4. The largest absolute Gasteiger partial charge is 0.507 e. The van der Waals surface area contributed by atoms with Crippen LogP contribution in [0.15, 0.2) is 116 Å². The molecule has 2 aliphatic heterocycles. The highest BCUT2D eigenvalue weighted by molar-refractivity contribution is 5.79. The van der Waals surface area contributed by atoms with Crippen LogP contribution in [0.3, 0.4) is 0 Å². The van der Waals surface area contributed by atoms with Gasteiger partial charge >= 0.3 is 6.18 Å². The molecule has 0 radical (unpaired) electrons. The first-order valence-corrected chi connectivity index (χ1v) is 13.9. The SMILES string of the molecule is O=C(CN1C=CN(C(c2ccccc2)(c2ccccc2)c2ccccc2-c2ccc(O)c(C(F)(F)F)c2)C1)N1CCC1. The van der Waals surface area contributed by atoms with Crippen molar-refractivity contribution in [3.63, 3.8) is 0 Å². The highest BCUT2D eigenvalue weighted by Crippen LogP contribution is 2.48. The second kappa shape index (κ2) is 10.9. The number of hydrogen-bond donors (Lipinski definition) is 1. The van der Waals surface area contributed by atoms with Gasteiger partial charge in [-0.05, 0) is 46.4 Å². The van der Waals surface area contributed by atoms with Crippen molar-refractivity contribution in [1.29, 1.82) is 0 Å². The lowest BCUT2D eigenvalue weighted by molar-refractivity contribution is -0.138. The number of alkyl halides is 3. The van der Waals surface area contributed by atoms with Crippen LogP contribution in [0.2, 0.25) is 0 Å². The number of amides is 1. The molecule has 0 spiro atoms. The van der Waals surface area contributed by atoms with Gasteiger partial charge in [0.1, 0.15) is 11.3 Å². The van der Waals surface area contributed by atoms with E-state index < -0.39 is 23.0 Å². The van der Waals surface area contributed by atoms with E-state index in [9.17, 15) is 23.1 Å². The van der Waals surface area contributed by atoms with Crippen LogP contribution in [0.5, 0.6) is 5.75 Å². The summed E-state index contributed by atoms with van der Waals surface area (Å²) in [7, 11) is 0. The van der Waals surface area contributed by atoms with E-state index in [1.807, 2.05) is 101 Å². The van der Waals surface area contributed by atoms with E-state index in [0.29, 0.717) is 17.8 Å². The molecule has 214 valence electrons. The minimum Gasteiger partial charge on any atom is -0.507 e. The Labute approximate surface area is 242 Å². The summed E-state index contributed by atoms with van der Waals surface area (Å²) >= 11 is 0. The van der Waals surface area contributed by atoms with Crippen LogP contribution in [-0.4, -0.2) is 52.0 Å². The zero-order chi connectivity index (χ0) is 29.3. The highest BCUT2D eigenvalue weighted by Gasteiger charge is 2.45. The van der Waals surface area contributed by atoms with Crippen molar-refractivity contribution < 1.29 is 23.1 Å². The summed E-state index contributed by atoms with van der Waals surface area (Å²) in [5, 5.41) is 10.1. The van der Waals surface area contributed by atoms with Crippen LogP contribution >= 0.6 is 0 Å². The van der Waals surface area contributed by atoms with Gasteiger partial charge in [0.15, 0.2) is 0 Å². The molecule has 1 N–H and O–H groups in total. The standard InChI is InChI=1S/C34H30F3N3O2/c35-34(36,37)30-22-25(16-17-31(30)41)28-14-7-8-15-29(28)33(26-10-3-1-4-11-26,27-12-5-2-6-13-27)40-21-20-38(24-40)23-32(42)39-18-9-19-39/h1-8,10-17,20-22,41H,9,18-19,23-24H2. The lowest BCUT2D eigenvalue weighted by Crippen LogP contribution is -2.49. The zero-order valence-corrected chi connectivity index (χ0v) is 22.8. The highest BCUT2D eigenvalue weighted by atomic mass is 19.4. The van der Waals surface area contributed by atoms with Gasteiger partial charge in [-0.2, -0.15) is 13.2 Å². The molecule has 1 amide bonds. The quantitative estimate of drug-likeness (QED) is 0.253. The van der Waals surface area contributed by atoms with E-state index >= 15 is 0 Å². The Morgan fingerprint density at radius 2 is 1.38 bits per heavy atom. The Morgan fingerprint density at radius 1 is 0.762 bits per heavy atom. The number of aromatic hydroxyl groups is 1. The Morgan fingerprint density at radius 3 is 1.98 bits per heavy atom. The number of carbonyl (C=O) groups is 1. The third kappa shape index (κ3) is 4.87. The molecule has 2 aliphatic rings. The summed E-state index contributed by atoms with van der Waals surface area (Å²) in [5.74, 6) is -0.743. The molecule has 0 saturated carbocycles. The number of likely N-dealkylation sites (tertiary alicyclic amines) is 1. The molecule has 0 bridgehead atoms. The predicted octanol–water partition coefficient (Wildman–Crippen LogP) is 6.65. The third-order valence-corrected chi connectivity index (χ3v) is 8.08. The van der Waals surface area contributed by atoms with E-state index in [0.717, 1.165) is 48.3 Å². The van der Waals surface area contributed by atoms with Crippen LogP contribution in [0.4, 0.5) is 13.2 Å². The normalized spacial score (nSPS) is 15.2. The fourth-order valence-corrected chi connectivity index (χ4v) is 5.93. The second-order valence-electron chi connectivity index (χ2n) is 10.6. The van der Waals surface area contributed by atoms with E-state index in [4.69, 9.17) is 0 Å². The second-order valence-corrected chi connectivity index (χ2v) is 10.6. The Hall–Kier alpha value is -4.72. The van der Waals surface area contributed by atoms with Crippen molar-refractivity contribution in [2.75, 3.05) is 26.3 Å². The van der Waals surface area contributed by atoms with E-state index in [1.165, 1.54) is 6.07 Å². The van der Waals surface area contributed by atoms with Crippen LogP contribution in [0.1, 0.15) is 28.7 Å². The maximum Gasteiger partial charge on any atom is 0.419 e. The molecule has 4 aromatic rings. The molecule has 2 heterocycles. The van der Waals surface area contributed by atoms with Crippen molar-refractivity contribution >= 4 is 5.91 Å². The number of hydrogen-bond acceptors (Lipinski definition) is 4. The Balaban J connectivity index is 1.55. The maximum atomic E-state index is 13.9. The monoisotopic (exact) mass is 569 g/mol. The van der Waals surface area contributed by atoms with Crippen LogP contribution < -0.4 is 0 Å². The fraction of sp³-hybridized carbons (Fsp3) is 0.206. The van der Waals surface area contributed by atoms with Crippen LogP contribution in [-0.2, 0) is 16.5 Å². The molecular weight excluding hydrogens is 539 g/mol. The third-order valence-electron chi connectivity index (χ3n) is 8.08. The van der Waals surface area contributed by atoms with Gasteiger partial charge in [-0.25, -0.2) is 0 Å². The molecule has 1 fully saturated rings. The summed E-state index contributed by atoms with van der Waals surface area (Å²) in [6.07, 6.45) is 0.163. The van der Waals surface area contributed by atoms with E-state index in [-0.39, 0.29) is 12.5 Å². The van der Waals surface area contributed by atoms with Crippen molar-refractivity contribution in [1.82, 2.24) is 14.7 Å². The number of phenols is 1. The van der Waals surface area contributed by atoms with Crippen molar-refractivity contribution in [2.24, 2.45) is 0 Å². The van der Waals surface area contributed by atoms with E-state index in [2.05, 4.69) is 4.90 Å². The topological polar surface area (TPSA) is 47.0 Å². The molecular formula is C34H30F3N3O2. The van der Waals surface area contributed by atoms with Crippen molar-refractivity contribution in [3.8, 4) is 16.9 Å². The van der Waals surface area contributed by atoms with Gasteiger partial charge in [-0.3, -0.25) is 4.79 Å². The zero-order valence-electron chi connectivity index (χ0n) is 22.8. The minimum absolute atomic E-state index is 0.0712. The van der Waals surface area contributed by atoms with E-state index in [1.54, 1.807) is 6.07 Å². The minimum atomic E-state index is -4.72. The molecule has 0 aliphatic carbocycles. The van der Waals surface area contributed by atoms with Gasteiger partial charge in [0.05, 0.1) is 18.8 Å². The number of rotatable bonds is 7. The summed E-state index contributed by atoms with van der Waals surface area (Å²) in [6, 6.07) is 30.8. The van der Waals surface area contributed by atoms with Crippen LogP contribution in [0.25, 0.3) is 11.1 Å². The van der Waals surface area contributed by atoms with Crippen molar-refractivity contribution in [3.05, 3.63) is 138 Å². The molecule has 1 saturated heterocycles. The predicted molar refractivity (Wildman–Crippen MR) is 155 cm³/mol. The van der Waals surface area contributed by atoms with Gasteiger partial charge in [0.25, 0.3) is 0 Å². The summed E-state index contributed by atoms with van der Waals surface area (Å²) in [4.78, 5) is 18.8. The molecule has 8 heteroatoms. The average Bonchev–Trinajstić information content (AvgIpc) is 3.42. The molecule has 4 aromatic carbocycles. The van der Waals surface area contributed by atoms with Crippen LogP contribution in [0, 0.1) is 0 Å². The number of halogens is 3. The molecule has 6 rings (SSSR count). The van der Waals surface area contributed by atoms with Gasteiger partial charge in [-0.1, -0.05) is 91.0 Å². The Bertz CT molecular complexity index is 1560. The average molecular weight is 570 g/mol. The van der Waals surface area contributed by atoms with Gasteiger partial charge in [-0.15, -0.1) is 0 Å². The van der Waals surface area contributed by atoms with Gasteiger partial charge in [0, 0.05) is 25.5 Å². The number of benzene rings is 4. The molecule has 0 unspecified atom stereocenters. The molecule has 5 nitrogen and oxygen atoms in total. The maximum absolute atomic E-state index is 13.9. The number of phenolic OH excluding ortho intramolecular Hbond substituents is 1. The first-order valence-electron chi connectivity index (χ1n) is 13.9. The first-order chi connectivity index (χ1) is 20.3. The van der Waals surface area contributed by atoms with Gasteiger partial charge in [0.2, 0.25) is 5.91 Å². The molecule has 0 atom stereocenters.